The molecule has 5 heterocycles. The van der Waals surface area contributed by atoms with Crippen LogP contribution < -0.4 is 5.32 Å². The fraction of sp³-hybridized carbons (Fsp3) is 0.500. The van der Waals surface area contributed by atoms with E-state index in [2.05, 4.69) is 27.1 Å². The third kappa shape index (κ3) is 2.31. The molecule has 0 aromatic carbocycles. The van der Waals surface area contributed by atoms with Gasteiger partial charge in [-0.25, -0.2) is 9.97 Å². The minimum atomic E-state index is 0.465. The molecule has 5 rings (SSSR count). The monoisotopic (exact) mass is 284 g/mol. The zero-order valence-electron chi connectivity index (χ0n) is 12.2. The molecule has 3 aliphatic heterocycles. The Hall–Kier alpha value is -1.88. The Labute approximate surface area is 124 Å². The van der Waals surface area contributed by atoms with E-state index in [4.69, 9.17) is 4.42 Å². The van der Waals surface area contributed by atoms with E-state index in [1.807, 2.05) is 18.5 Å². The van der Waals surface area contributed by atoms with Gasteiger partial charge in [-0.1, -0.05) is 0 Å². The predicted molar refractivity (Wildman–Crippen MR) is 80.9 cm³/mol. The molecule has 3 saturated heterocycles. The van der Waals surface area contributed by atoms with Crippen LogP contribution in [-0.4, -0.2) is 40.0 Å². The lowest BCUT2D eigenvalue weighted by Crippen LogP contribution is -2.59. The lowest BCUT2D eigenvalue weighted by molar-refractivity contribution is 0.0455. The van der Waals surface area contributed by atoms with Crippen molar-refractivity contribution in [2.24, 2.45) is 5.92 Å². The molecule has 2 aromatic heterocycles. The Bertz CT molecular complexity index is 585. The van der Waals surface area contributed by atoms with Gasteiger partial charge in [-0.15, -0.1) is 0 Å². The molecule has 110 valence electrons. The van der Waals surface area contributed by atoms with Gasteiger partial charge >= 0.3 is 0 Å². The third-order valence-electron chi connectivity index (χ3n) is 4.98. The van der Waals surface area contributed by atoms with Gasteiger partial charge in [-0.3, -0.25) is 4.90 Å². The van der Waals surface area contributed by atoms with Crippen LogP contribution in [0.5, 0.6) is 0 Å². The first kappa shape index (κ1) is 12.8. The second kappa shape index (κ2) is 5.15. The van der Waals surface area contributed by atoms with E-state index in [-0.39, 0.29) is 0 Å². The van der Waals surface area contributed by atoms with Crippen molar-refractivity contribution in [2.75, 3.05) is 18.4 Å². The topological polar surface area (TPSA) is 54.2 Å². The Morgan fingerprint density at radius 1 is 1.19 bits per heavy atom. The molecule has 1 N–H and O–H groups in total. The van der Waals surface area contributed by atoms with E-state index in [1.54, 1.807) is 12.5 Å². The SMILES string of the molecule is C[C@@H]1[C@H](Nc2ncc(-c3ccoc3)cn2)C2CCN1CC2. The van der Waals surface area contributed by atoms with Gasteiger partial charge in [0.25, 0.3) is 0 Å². The Kier molecular flexibility index (Phi) is 3.15. The fourth-order valence-electron chi connectivity index (χ4n) is 3.67. The van der Waals surface area contributed by atoms with Crippen LogP contribution in [0.2, 0.25) is 0 Å². The van der Waals surface area contributed by atoms with Crippen molar-refractivity contribution in [1.82, 2.24) is 14.9 Å². The maximum Gasteiger partial charge on any atom is 0.222 e. The molecule has 0 unspecified atom stereocenters. The van der Waals surface area contributed by atoms with Crippen molar-refractivity contribution in [3.8, 4) is 11.1 Å². The molecular formula is C16H20N4O. The summed E-state index contributed by atoms with van der Waals surface area (Å²) in [6, 6.07) is 2.95. The van der Waals surface area contributed by atoms with Gasteiger partial charge in [0.2, 0.25) is 5.95 Å². The number of nitrogens with zero attached hydrogens (tertiary/aromatic N) is 3. The number of nitrogens with one attached hydrogen (secondary N) is 1. The molecule has 2 bridgehead atoms. The molecule has 0 spiro atoms. The van der Waals surface area contributed by atoms with Crippen LogP contribution in [-0.2, 0) is 0 Å². The van der Waals surface area contributed by atoms with Crippen LogP contribution in [0.15, 0.2) is 35.4 Å². The van der Waals surface area contributed by atoms with Crippen molar-refractivity contribution in [2.45, 2.75) is 31.8 Å². The van der Waals surface area contributed by atoms with E-state index in [0.29, 0.717) is 12.1 Å². The van der Waals surface area contributed by atoms with Crippen molar-refractivity contribution in [3.05, 3.63) is 31.0 Å². The van der Waals surface area contributed by atoms with E-state index < -0.39 is 0 Å². The minimum absolute atomic E-state index is 0.465. The molecular weight excluding hydrogens is 264 g/mol. The number of fused-ring (bicyclic) bond motifs is 3. The standard InChI is InChI=1S/C16H20N4O/c1-11-15(12-2-5-20(11)6-3-12)19-16-17-8-14(9-18-16)13-4-7-21-10-13/h4,7-12,15H,2-3,5-6H2,1H3,(H,17,18,19)/t11-,15+/m1/s1. The quantitative estimate of drug-likeness (QED) is 0.939. The summed E-state index contributed by atoms with van der Waals surface area (Å²) >= 11 is 0. The molecule has 2 aromatic rings. The zero-order chi connectivity index (χ0) is 14.2. The Morgan fingerprint density at radius 3 is 2.57 bits per heavy atom. The lowest BCUT2D eigenvalue weighted by Gasteiger charge is -2.49. The molecule has 2 atom stereocenters. The van der Waals surface area contributed by atoms with Gasteiger partial charge in [0.15, 0.2) is 0 Å². The summed E-state index contributed by atoms with van der Waals surface area (Å²) < 4.78 is 5.09. The largest absolute Gasteiger partial charge is 0.472 e. The molecule has 0 amide bonds. The predicted octanol–water partition coefficient (Wildman–Crippen LogP) is 2.63. The summed E-state index contributed by atoms with van der Waals surface area (Å²) in [5, 5.41) is 3.55. The summed E-state index contributed by atoms with van der Waals surface area (Å²) in [7, 11) is 0. The van der Waals surface area contributed by atoms with Crippen molar-refractivity contribution >= 4 is 5.95 Å². The number of furan rings is 1. The number of hydrogen-bond donors (Lipinski definition) is 1. The average Bonchev–Trinajstić information content (AvgIpc) is 3.06. The van der Waals surface area contributed by atoms with Crippen molar-refractivity contribution < 1.29 is 4.42 Å². The van der Waals surface area contributed by atoms with Crippen LogP contribution in [0, 0.1) is 5.92 Å². The fourth-order valence-corrected chi connectivity index (χ4v) is 3.67. The smallest absolute Gasteiger partial charge is 0.222 e. The highest BCUT2D eigenvalue weighted by Crippen LogP contribution is 2.33. The van der Waals surface area contributed by atoms with E-state index >= 15 is 0 Å². The Morgan fingerprint density at radius 2 is 1.95 bits per heavy atom. The summed E-state index contributed by atoms with van der Waals surface area (Å²) in [4.78, 5) is 11.5. The highest BCUT2D eigenvalue weighted by molar-refractivity contribution is 5.60. The summed E-state index contributed by atoms with van der Waals surface area (Å²) in [5.41, 5.74) is 1.99. The summed E-state index contributed by atoms with van der Waals surface area (Å²) in [6.45, 7) is 4.79. The zero-order valence-corrected chi connectivity index (χ0v) is 12.2. The van der Waals surface area contributed by atoms with Crippen molar-refractivity contribution in [3.63, 3.8) is 0 Å². The van der Waals surface area contributed by atoms with Gasteiger partial charge in [-0.05, 0) is 44.8 Å². The van der Waals surface area contributed by atoms with Crippen molar-refractivity contribution in [1.29, 1.82) is 0 Å². The van der Waals surface area contributed by atoms with Crippen LogP contribution in [0.1, 0.15) is 19.8 Å². The first-order chi connectivity index (χ1) is 10.3. The molecule has 0 saturated carbocycles. The number of anilines is 1. The van der Waals surface area contributed by atoms with Crippen LogP contribution in [0.3, 0.4) is 0 Å². The summed E-state index contributed by atoms with van der Waals surface area (Å²) in [6.07, 6.45) is 9.65. The molecule has 0 radical (unpaired) electrons. The van der Waals surface area contributed by atoms with Gasteiger partial charge in [0.1, 0.15) is 0 Å². The van der Waals surface area contributed by atoms with E-state index in [0.717, 1.165) is 23.0 Å². The first-order valence-corrected chi connectivity index (χ1v) is 7.66. The van der Waals surface area contributed by atoms with Gasteiger partial charge in [0, 0.05) is 35.6 Å². The van der Waals surface area contributed by atoms with E-state index in [9.17, 15) is 0 Å². The number of rotatable bonds is 3. The first-order valence-electron chi connectivity index (χ1n) is 7.66. The third-order valence-corrected chi connectivity index (χ3v) is 4.98. The highest BCUT2D eigenvalue weighted by atomic mass is 16.3. The van der Waals surface area contributed by atoms with Crippen LogP contribution in [0.4, 0.5) is 5.95 Å². The lowest BCUT2D eigenvalue weighted by atomic mass is 9.79. The highest BCUT2D eigenvalue weighted by Gasteiger charge is 2.39. The second-order valence-electron chi connectivity index (χ2n) is 6.09. The molecule has 3 aliphatic rings. The molecule has 5 nitrogen and oxygen atoms in total. The minimum Gasteiger partial charge on any atom is -0.472 e. The molecule has 3 fully saturated rings. The number of piperidine rings is 3. The van der Waals surface area contributed by atoms with Gasteiger partial charge in [-0.2, -0.15) is 0 Å². The number of hydrogen-bond acceptors (Lipinski definition) is 5. The van der Waals surface area contributed by atoms with Gasteiger partial charge < -0.3 is 9.73 Å². The van der Waals surface area contributed by atoms with Crippen LogP contribution in [0.25, 0.3) is 11.1 Å². The molecule has 0 aliphatic carbocycles. The normalized spacial score (nSPS) is 31.3. The molecule has 21 heavy (non-hydrogen) atoms. The Balaban J connectivity index is 1.50. The molecule has 5 heteroatoms. The van der Waals surface area contributed by atoms with E-state index in [1.165, 1.54) is 25.9 Å². The van der Waals surface area contributed by atoms with Crippen LogP contribution >= 0.6 is 0 Å². The summed E-state index contributed by atoms with van der Waals surface area (Å²) in [5.74, 6) is 1.48. The van der Waals surface area contributed by atoms with Gasteiger partial charge in [0.05, 0.1) is 12.5 Å². The maximum atomic E-state index is 5.09. The average molecular weight is 284 g/mol. The second-order valence-corrected chi connectivity index (χ2v) is 6.09. The number of aromatic nitrogens is 2. The maximum absolute atomic E-state index is 5.09.